The van der Waals surface area contributed by atoms with Crippen LogP contribution < -0.4 is 10.6 Å². The minimum absolute atomic E-state index is 0.0128. The smallest absolute Gasteiger partial charge is 0.239 e. The van der Waals surface area contributed by atoms with Crippen LogP contribution in [0.2, 0.25) is 0 Å². The van der Waals surface area contributed by atoms with Gasteiger partial charge in [0.1, 0.15) is 0 Å². The lowest BCUT2D eigenvalue weighted by atomic mass is 9.80. The number of aromatic nitrogens is 3. The van der Waals surface area contributed by atoms with Crippen molar-refractivity contribution >= 4 is 22.8 Å². The summed E-state index contributed by atoms with van der Waals surface area (Å²) in [5, 5.41) is 24.2. The van der Waals surface area contributed by atoms with Crippen molar-refractivity contribution in [3.8, 4) is 0 Å². The Bertz CT molecular complexity index is 839. The minimum atomic E-state index is -0.141. The van der Waals surface area contributed by atoms with Crippen LogP contribution >= 0.6 is 0 Å². The van der Waals surface area contributed by atoms with Crippen molar-refractivity contribution in [3.63, 3.8) is 0 Å². The maximum absolute atomic E-state index is 12.3. The number of H-pyrrole nitrogens is 1. The molecule has 1 aliphatic heterocycles. The summed E-state index contributed by atoms with van der Waals surface area (Å²) in [6, 6.07) is 2.83. The van der Waals surface area contributed by atoms with Crippen LogP contribution in [0.4, 0.5) is 5.82 Å². The lowest BCUT2D eigenvalue weighted by Crippen LogP contribution is -2.63. The number of carbonyl (C=O) groups excluding carboxylic acids is 1. The van der Waals surface area contributed by atoms with E-state index in [1.54, 1.807) is 6.20 Å². The van der Waals surface area contributed by atoms with Crippen LogP contribution in [0.25, 0.3) is 11.0 Å². The molecule has 3 heterocycles. The fourth-order valence-electron chi connectivity index (χ4n) is 4.67. The molecule has 0 spiro atoms. The Morgan fingerprint density at radius 3 is 2.83 bits per heavy atom. The van der Waals surface area contributed by atoms with Gasteiger partial charge in [0.15, 0.2) is 11.5 Å². The SMILES string of the molecule is CCC(O)[C@H]1CC[C@H](N2CC(NC(=O)CNc3n[nH]c4ncc(C)cc34)C2)CC1. The number of anilines is 1. The van der Waals surface area contributed by atoms with Crippen molar-refractivity contribution in [2.45, 2.75) is 64.1 Å². The van der Waals surface area contributed by atoms with E-state index in [9.17, 15) is 9.90 Å². The molecule has 1 saturated heterocycles. The Balaban J connectivity index is 1.18. The molecule has 1 amide bonds. The quantitative estimate of drug-likeness (QED) is 0.565. The second-order valence-corrected chi connectivity index (χ2v) is 8.60. The summed E-state index contributed by atoms with van der Waals surface area (Å²) in [5.41, 5.74) is 1.77. The molecule has 1 saturated carbocycles. The van der Waals surface area contributed by atoms with Gasteiger partial charge >= 0.3 is 0 Å². The van der Waals surface area contributed by atoms with Crippen molar-refractivity contribution in [2.75, 3.05) is 25.0 Å². The topological polar surface area (TPSA) is 106 Å². The molecule has 1 atom stereocenters. The molecule has 1 aliphatic carbocycles. The number of likely N-dealkylation sites (tertiary alicyclic amines) is 1. The van der Waals surface area contributed by atoms with E-state index in [4.69, 9.17) is 0 Å². The number of aliphatic hydroxyl groups is 1. The van der Waals surface area contributed by atoms with Crippen molar-refractivity contribution in [1.29, 1.82) is 0 Å². The number of rotatable bonds is 7. The zero-order valence-corrected chi connectivity index (χ0v) is 17.3. The second-order valence-electron chi connectivity index (χ2n) is 8.60. The van der Waals surface area contributed by atoms with Gasteiger partial charge in [-0.15, -0.1) is 0 Å². The van der Waals surface area contributed by atoms with E-state index < -0.39 is 0 Å². The number of aryl methyl sites for hydroxylation is 1. The number of hydrogen-bond donors (Lipinski definition) is 4. The molecule has 8 nitrogen and oxygen atoms in total. The molecule has 1 unspecified atom stereocenters. The normalized spacial score (nSPS) is 24.2. The van der Waals surface area contributed by atoms with E-state index in [-0.39, 0.29) is 24.6 Å². The first-order valence-corrected chi connectivity index (χ1v) is 10.8. The summed E-state index contributed by atoms with van der Waals surface area (Å²) in [7, 11) is 0. The van der Waals surface area contributed by atoms with Crippen LogP contribution in [0.1, 0.15) is 44.6 Å². The zero-order valence-electron chi connectivity index (χ0n) is 17.3. The van der Waals surface area contributed by atoms with Gasteiger partial charge in [0.05, 0.1) is 24.1 Å². The number of hydrogen-bond acceptors (Lipinski definition) is 6. The van der Waals surface area contributed by atoms with Gasteiger partial charge < -0.3 is 15.7 Å². The lowest BCUT2D eigenvalue weighted by Gasteiger charge is -2.47. The summed E-state index contributed by atoms with van der Waals surface area (Å²) in [6.45, 7) is 6.08. The van der Waals surface area contributed by atoms with E-state index in [1.165, 1.54) is 0 Å². The maximum atomic E-state index is 12.3. The third-order valence-electron chi connectivity index (χ3n) is 6.46. The van der Waals surface area contributed by atoms with Gasteiger partial charge in [-0.2, -0.15) is 5.10 Å². The van der Waals surface area contributed by atoms with E-state index >= 15 is 0 Å². The minimum Gasteiger partial charge on any atom is -0.393 e. The molecule has 2 aliphatic rings. The Kier molecular flexibility index (Phi) is 6.01. The molecular formula is C21H32N6O2. The molecule has 8 heteroatoms. The first kappa shape index (κ1) is 20.1. The average Bonchev–Trinajstić information content (AvgIpc) is 3.10. The molecular weight excluding hydrogens is 368 g/mol. The summed E-state index contributed by atoms with van der Waals surface area (Å²) in [4.78, 5) is 19.1. The molecule has 2 fully saturated rings. The summed E-state index contributed by atoms with van der Waals surface area (Å²) >= 11 is 0. The first-order chi connectivity index (χ1) is 14.0. The second kappa shape index (κ2) is 8.67. The number of carbonyl (C=O) groups is 1. The molecule has 4 rings (SSSR count). The van der Waals surface area contributed by atoms with Gasteiger partial charge in [0, 0.05) is 25.3 Å². The largest absolute Gasteiger partial charge is 0.393 e. The number of aliphatic hydroxyl groups excluding tert-OH is 1. The maximum Gasteiger partial charge on any atom is 0.239 e. The van der Waals surface area contributed by atoms with E-state index in [1.807, 2.05) is 13.0 Å². The van der Waals surface area contributed by atoms with Crippen LogP contribution in [-0.4, -0.2) is 68.9 Å². The number of fused-ring (bicyclic) bond motifs is 1. The predicted molar refractivity (Wildman–Crippen MR) is 113 cm³/mol. The first-order valence-electron chi connectivity index (χ1n) is 10.8. The molecule has 29 heavy (non-hydrogen) atoms. The van der Waals surface area contributed by atoms with Gasteiger partial charge in [-0.05, 0) is 56.6 Å². The van der Waals surface area contributed by atoms with Gasteiger partial charge in [-0.25, -0.2) is 4.98 Å². The van der Waals surface area contributed by atoms with Gasteiger partial charge in [0.2, 0.25) is 5.91 Å². The number of nitrogens with one attached hydrogen (secondary N) is 3. The molecule has 2 aromatic heterocycles. The highest BCUT2D eigenvalue weighted by atomic mass is 16.3. The van der Waals surface area contributed by atoms with Crippen molar-refractivity contribution in [3.05, 3.63) is 17.8 Å². The number of nitrogens with zero attached hydrogens (tertiary/aromatic N) is 3. The van der Waals surface area contributed by atoms with Crippen molar-refractivity contribution in [2.24, 2.45) is 5.92 Å². The monoisotopic (exact) mass is 400 g/mol. The molecule has 158 valence electrons. The number of amides is 1. The van der Waals surface area contributed by atoms with E-state index in [0.29, 0.717) is 23.4 Å². The highest BCUT2D eigenvalue weighted by molar-refractivity contribution is 5.89. The van der Waals surface area contributed by atoms with Crippen LogP contribution in [0.5, 0.6) is 0 Å². The standard InChI is InChI=1S/C21H32N6O2/c1-3-18(28)14-4-6-16(7-5-14)27-11-15(12-27)24-19(29)10-23-21-17-8-13(2)9-22-20(17)25-26-21/h8-9,14-16,18,28H,3-7,10-12H2,1-2H3,(H,24,29)(H2,22,23,25,26)/t14-,16-,18?. The van der Waals surface area contributed by atoms with E-state index in [2.05, 4.69) is 37.6 Å². The Morgan fingerprint density at radius 2 is 2.10 bits per heavy atom. The van der Waals surface area contributed by atoms with E-state index in [0.717, 1.165) is 56.1 Å². The third kappa shape index (κ3) is 4.53. The summed E-state index contributed by atoms with van der Waals surface area (Å²) in [5.74, 6) is 1.12. The predicted octanol–water partition coefficient (Wildman–Crippen LogP) is 1.81. The molecule has 0 radical (unpaired) electrons. The highest BCUT2D eigenvalue weighted by Gasteiger charge is 2.36. The van der Waals surface area contributed by atoms with Crippen molar-refractivity contribution in [1.82, 2.24) is 25.4 Å². The van der Waals surface area contributed by atoms with Crippen LogP contribution in [-0.2, 0) is 4.79 Å². The Labute approximate surface area is 171 Å². The van der Waals surface area contributed by atoms with Crippen LogP contribution in [0, 0.1) is 12.8 Å². The zero-order chi connectivity index (χ0) is 20.4. The lowest BCUT2D eigenvalue weighted by molar-refractivity contribution is -0.121. The molecule has 0 aromatic carbocycles. The van der Waals surface area contributed by atoms with Crippen LogP contribution in [0.3, 0.4) is 0 Å². The number of pyridine rings is 1. The van der Waals surface area contributed by atoms with Gasteiger partial charge in [0.25, 0.3) is 0 Å². The molecule has 0 bridgehead atoms. The van der Waals surface area contributed by atoms with Crippen molar-refractivity contribution < 1.29 is 9.90 Å². The molecule has 4 N–H and O–H groups in total. The fraction of sp³-hybridized carbons (Fsp3) is 0.667. The van der Waals surface area contributed by atoms with Gasteiger partial charge in [-0.1, -0.05) is 6.92 Å². The summed E-state index contributed by atoms with van der Waals surface area (Å²) in [6.07, 6.45) is 7.04. The number of aromatic amines is 1. The Morgan fingerprint density at radius 1 is 1.34 bits per heavy atom. The summed E-state index contributed by atoms with van der Waals surface area (Å²) < 4.78 is 0. The van der Waals surface area contributed by atoms with Gasteiger partial charge in [-0.3, -0.25) is 14.8 Å². The molecule has 2 aromatic rings. The highest BCUT2D eigenvalue weighted by Crippen LogP contribution is 2.32. The average molecular weight is 401 g/mol. The fourth-order valence-corrected chi connectivity index (χ4v) is 4.67. The van der Waals surface area contributed by atoms with Crippen LogP contribution in [0.15, 0.2) is 12.3 Å². The third-order valence-corrected chi connectivity index (χ3v) is 6.46. The Hall–Kier alpha value is -2.19.